The number of carboxylic acids is 1. The van der Waals surface area contributed by atoms with Crippen molar-refractivity contribution in [3.8, 4) is 0 Å². The van der Waals surface area contributed by atoms with Gasteiger partial charge in [0.1, 0.15) is 5.54 Å². The second-order valence-electron chi connectivity index (χ2n) is 6.70. The van der Waals surface area contributed by atoms with E-state index >= 15 is 0 Å². The Hall–Kier alpha value is -1.77. The van der Waals surface area contributed by atoms with Gasteiger partial charge in [-0.15, -0.1) is 0 Å². The van der Waals surface area contributed by atoms with Crippen molar-refractivity contribution in [2.45, 2.75) is 52.6 Å². The zero-order valence-electron chi connectivity index (χ0n) is 13.1. The molecule has 0 aromatic heterocycles. The van der Waals surface area contributed by atoms with Crippen LogP contribution in [0.25, 0.3) is 5.57 Å². The zero-order chi connectivity index (χ0) is 15.3. The van der Waals surface area contributed by atoms with Gasteiger partial charge in [0.2, 0.25) is 0 Å². The van der Waals surface area contributed by atoms with Crippen LogP contribution in [0.2, 0.25) is 0 Å². The van der Waals surface area contributed by atoms with E-state index in [4.69, 9.17) is 0 Å². The minimum atomic E-state index is -0.968. The monoisotopic (exact) mass is 273 g/mol. The molecule has 1 aromatic rings. The van der Waals surface area contributed by atoms with E-state index in [0.29, 0.717) is 0 Å². The Labute approximate surface area is 120 Å². The highest BCUT2D eigenvalue weighted by atomic mass is 16.4. The van der Waals surface area contributed by atoms with Crippen molar-refractivity contribution in [3.63, 3.8) is 0 Å². The van der Waals surface area contributed by atoms with E-state index in [1.807, 2.05) is 17.0 Å². The van der Waals surface area contributed by atoms with E-state index in [9.17, 15) is 9.90 Å². The van der Waals surface area contributed by atoms with E-state index in [1.165, 1.54) is 11.1 Å². The van der Waals surface area contributed by atoms with Crippen LogP contribution in [-0.4, -0.2) is 22.2 Å². The van der Waals surface area contributed by atoms with Crippen molar-refractivity contribution in [2.75, 3.05) is 4.90 Å². The third-order valence-corrected chi connectivity index (χ3v) is 4.05. The molecular formula is C17H23NO2. The average molecular weight is 273 g/mol. The van der Waals surface area contributed by atoms with E-state index in [2.05, 4.69) is 39.8 Å². The van der Waals surface area contributed by atoms with Gasteiger partial charge in [0.25, 0.3) is 0 Å². The lowest BCUT2D eigenvalue weighted by molar-refractivity contribution is -0.142. The van der Waals surface area contributed by atoms with Crippen molar-refractivity contribution in [1.29, 1.82) is 0 Å². The number of aryl methyl sites for hydroxylation is 1. The lowest BCUT2D eigenvalue weighted by atomic mass is 9.83. The summed E-state index contributed by atoms with van der Waals surface area (Å²) < 4.78 is 0. The Kier molecular flexibility index (Phi) is 3.20. The number of hydrogen-bond acceptors (Lipinski definition) is 2. The lowest BCUT2D eigenvalue weighted by Gasteiger charge is -2.50. The van der Waals surface area contributed by atoms with Crippen molar-refractivity contribution in [2.24, 2.45) is 0 Å². The molecule has 0 amide bonds. The molecule has 0 saturated carbocycles. The average Bonchev–Trinajstić information content (AvgIpc) is 2.28. The van der Waals surface area contributed by atoms with Crippen LogP contribution in [0.5, 0.6) is 0 Å². The van der Waals surface area contributed by atoms with E-state index in [-0.39, 0.29) is 5.54 Å². The molecule has 0 saturated heterocycles. The zero-order valence-corrected chi connectivity index (χ0v) is 13.1. The van der Waals surface area contributed by atoms with Gasteiger partial charge in [0, 0.05) is 11.3 Å². The smallest absolute Gasteiger partial charge is 0.328 e. The first-order valence-electron chi connectivity index (χ1n) is 6.91. The van der Waals surface area contributed by atoms with Crippen LogP contribution in [-0.2, 0) is 4.79 Å². The summed E-state index contributed by atoms with van der Waals surface area (Å²) in [5.74, 6) is -0.815. The molecule has 0 fully saturated rings. The molecule has 0 unspecified atom stereocenters. The van der Waals surface area contributed by atoms with Crippen LogP contribution in [0, 0.1) is 6.92 Å². The SMILES string of the molecule is CC1=CC(C)(C)N(C(C)(C)C(=O)O)c2ccc(C)cc21. The molecular weight excluding hydrogens is 250 g/mol. The van der Waals surface area contributed by atoms with Gasteiger partial charge in [-0.05, 0) is 59.2 Å². The summed E-state index contributed by atoms with van der Waals surface area (Å²) >= 11 is 0. The van der Waals surface area contributed by atoms with Gasteiger partial charge >= 0.3 is 5.97 Å². The van der Waals surface area contributed by atoms with Crippen LogP contribution in [0.15, 0.2) is 24.3 Å². The molecule has 0 atom stereocenters. The van der Waals surface area contributed by atoms with Crippen LogP contribution >= 0.6 is 0 Å². The van der Waals surface area contributed by atoms with Gasteiger partial charge in [0.15, 0.2) is 0 Å². The summed E-state index contributed by atoms with van der Waals surface area (Å²) in [6.45, 7) is 11.8. The number of rotatable bonds is 2. The third kappa shape index (κ3) is 2.11. The number of carbonyl (C=O) groups is 1. The van der Waals surface area contributed by atoms with E-state index in [1.54, 1.807) is 13.8 Å². The Morgan fingerprint density at radius 2 is 1.85 bits per heavy atom. The molecule has 0 spiro atoms. The Morgan fingerprint density at radius 1 is 1.25 bits per heavy atom. The molecule has 0 radical (unpaired) electrons. The Balaban J connectivity index is 2.72. The second-order valence-corrected chi connectivity index (χ2v) is 6.70. The van der Waals surface area contributed by atoms with E-state index < -0.39 is 11.5 Å². The highest BCUT2D eigenvalue weighted by Gasteiger charge is 2.44. The van der Waals surface area contributed by atoms with Gasteiger partial charge in [-0.1, -0.05) is 17.7 Å². The van der Waals surface area contributed by atoms with Crippen LogP contribution in [0.4, 0.5) is 5.69 Å². The first kappa shape index (κ1) is 14.6. The molecule has 1 aliphatic heterocycles. The number of anilines is 1. The largest absolute Gasteiger partial charge is 0.480 e. The molecule has 1 N–H and O–H groups in total. The summed E-state index contributed by atoms with van der Waals surface area (Å²) in [5.41, 5.74) is 3.20. The van der Waals surface area contributed by atoms with Crippen LogP contribution in [0.1, 0.15) is 45.7 Å². The summed E-state index contributed by atoms with van der Waals surface area (Å²) in [7, 11) is 0. The highest BCUT2D eigenvalue weighted by Crippen LogP contribution is 2.43. The molecule has 2 rings (SSSR count). The maximum atomic E-state index is 11.7. The fraction of sp³-hybridized carbons (Fsp3) is 0.471. The number of allylic oxidation sites excluding steroid dienone is 1. The lowest BCUT2D eigenvalue weighted by Crippen LogP contribution is -2.60. The number of aliphatic carboxylic acids is 1. The summed E-state index contributed by atoms with van der Waals surface area (Å²) in [6, 6.07) is 6.20. The normalized spacial score (nSPS) is 17.5. The number of benzene rings is 1. The molecule has 3 heteroatoms. The van der Waals surface area contributed by atoms with Crippen LogP contribution < -0.4 is 4.90 Å². The molecule has 1 aromatic carbocycles. The van der Waals surface area contributed by atoms with Crippen molar-refractivity contribution >= 4 is 17.2 Å². The van der Waals surface area contributed by atoms with Gasteiger partial charge < -0.3 is 10.0 Å². The van der Waals surface area contributed by atoms with Gasteiger partial charge in [-0.3, -0.25) is 0 Å². The summed E-state index contributed by atoms with van der Waals surface area (Å²) in [6.07, 6.45) is 2.15. The molecule has 108 valence electrons. The third-order valence-electron chi connectivity index (χ3n) is 4.05. The molecule has 0 aliphatic carbocycles. The Morgan fingerprint density at radius 3 is 2.40 bits per heavy atom. The number of carboxylic acid groups (broad SMARTS) is 1. The maximum Gasteiger partial charge on any atom is 0.328 e. The number of fused-ring (bicyclic) bond motifs is 1. The quantitative estimate of drug-likeness (QED) is 0.889. The first-order chi connectivity index (χ1) is 9.07. The topological polar surface area (TPSA) is 40.5 Å². The molecule has 20 heavy (non-hydrogen) atoms. The van der Waals surface area contributed by atoms with Gasteiger partial charge in [0.05, 0.1) is 5.54 Å². The first-order valence-corrected chi connectivity index (χ1v) is 6.91. The standard InChI is InChI=1S/C17H23NO2/c1-11-7-8-14-13(9-11)12(2)10-16(3,4)18(14)17(5,6)15(19)20/h7-10H,1-6H3,(H,19,20). The van der Waals surface area contributed by atoms with Crippen molar-refractivity contribution < 1.29 is 9.90 Å². The number of nitrogens with zero attached hydrogens (tertiary/aromatic N) is 1. The second kappa shape index (κ2) is 4.37. The predicted molar refractivity (Wildman–Crippen MR) is 83.1 cm³/mol. The van der Waals surface area contributed by atoms with Crippen molar-refractivity contribution in [3.05, 3.63) is 35.4 Å². The summed E-state index contributed by atoms with van der Waals surface area (Å²) in [5, 5.41) is 9.61. The van der Waals surface area contributed by atoms with Gasteiger partial charge in [-0.25, -0.2) is 4.79 Å². The molecule has 0 bridgehead atoms. The molecule has 1 aliphatic rings. The number of hydrogen-bond donors (Lipinski definition) is 1. The fourth-order valence-corrected chi connectivity index (χ4v) is 3.26. The van der Waals surface area contributed by atoms with Crippen LogP contribution in [0.3, 0.4) is 0 Å². The summed E-state index contributed by atoms with van der Waals surface area (Å²) in [4.78, 5) is 13.7. The Bertz CT molecular complexity index is 597. The van der Waals surface area contributed by atoms with E-state index in [0.717, 1.165) is 11.3 Å². The molecule has 1 heterocycles. The van der Waals surface area contributed by atoms with Crippen molar-refractivity contribution in [1.82, 2.24) is 0 Å². The fourth-order valence-electron chi connectivity index (χ4n) is 3.26. The minimum absolute atomic E-state index is 0.339. The van der Waals surface area contributed by atoms with Gasteiger partial charge in [-0.2, -0.15) is 0 Å². The predicted octanol–water partition coefficient (Wildman–Crippen LogP) is 3.86. The molecule has 3 nitrogen and oxygen atoms in total. The maximum absolute atomic E-state index is 11.7. The highest BCUT2D eigenvalue weighted by molar-refractivity contribution is 5.89. The minimum Gasteiger partial charge on any atom is -0.480 e.